The molecule has 1 aromatic rings. The SMILES string of the molecule is CCNC(=NCc1nc(C(F)(F)F)cs1)NCCN(C)CCOC.I. The number of aromatic nitrogens is 1. The van der Waals surface area contributed by atoms with Crippen LogP contribution in [0.2, 0.25) is 0 Å². The van der Waals surface area contributed by atoms with Crippen molar-refractivity contribution >= 4 is 41.3 Å². The fourth-order valence-corrected chi connectivity index (χ4v) is 2.45. The average molecular weight is 495 g/mol. The van der Waals surface area contributed by atoms with E-state index < -0.39 is 11.9 Å². The standard InChI is InChI=1S/C14H24F3N5OS.HI/c1-4-18-13(19-5-6-22(2)7-8-23-3)20-9-12-21-11(10-24-12)14(15,16)17;/h10H,4-9H2,1-3H3,(H2,18,19,20);1H. The first-order valence-electron chi connectivity index (χ1n) is 7.58. The topological polar surface area (TPSA) is 61.8 Å². The van der Waals surface area contributed by atoms with E-state index in [2.05, 4.69) is 25.5 Å². The lowest BCUT2D eigenvalue weighted by Crippen LogP contribution is -2.41. The lowest BCUT2D eigenvalue weighted by atomic mass is 10.5. The number of thiazole rings is 1. The van der Waals surface area contributed by atoms with Crippen LogP contribution in [0.15, 0.2) is 10.4 Å². The second kappa shape index (κ2) is 12.7. The van der Waals surface area contributed by atoms with Gasteiger partial charge in [0.05, 0.1) is 13.2 Å². The minimum Gasteiger partial charge on any atom is -0.383 e. The van der Waals surface area contributed by atoms with Crippen LogP contribution in [0.1, 0.15) is 17.6 Å². The molecule has 2 N–H and O–H groups in total. The van der Waals surface area contributed by atoms with Gasteiger partial charge in [-0.2, -0.15) is 13.2 Å². The molecule has 0 radical (unpaired) electrons. The van der Waals surface area contributed by atoms with Gasteiger partial charge in [-0.15, -0.1) is 35.3 Å². The third kappa shape index (κ3) is 10.2. The molecule has 0 atom stereocenters. The summed E-state index contributed by atoms with van der Waals surface area (Å²) in [5.74, 6) is 0.557. The van der Waals surface area contributed by atoms with Crippen molar-refractivity contribution in [3.05, 3.63) is 16.1 Å². The summed E-state index contributed by atoms with van der Waals surface area (Å²) >= 11 is 0.958. The zero-order valence-electron chi connectivity index (χ0n) is 14.5. The fraction of sp³-hybridized carbons (Fsp3) is 0.714. The molecule has 0 bridgehead atoms. The predicted octanol–water partition coefficient (Wildman–Crippen LogP) is 2.41. The Hall–Kier alpha value is -0.660. The van der Waals surface area contributed by atoms with Crippen molar-refractivity contribution < 1.29 is 17.9 Å². The Kier molecular flexibility index (Phi) is 12.3. The maximum atomic E-state index is 12.5. The van der Waals surface area contributed by atoms with E-state index in [1.165, 1.54) is 0 Å². The van der Waals surface area contributed by atoms with Crippen LogP contribution in [0.4, 0.5) is 13.2 Å². The Morgan fingerprint density at radius 1 is 1.36 bits per heavy atom. The van der Waals surface area contributed by atoms with Gasteiger partial charge in [0.25, 0.3) is 0 Å². The highest BCUT2D eigenvalue weighted by atomic mass is 127. The van der Waals surface area contributed by atoms with Crippen molar-refractivity contribution in [2.45, 2.75) is 19.6 Å². The molecule has 0 saturated carbocycles. The molecule has 0 saturated heterocycles. The number of ether oxygens (including phenoxy) is 1. The molecule has 0 amide bonds. The molecular formula is C14H25F3IN5OS. The number of nitrogens with zero attached hydrogens (tertiary/aromatic N) is 3. The van der Waals surface area contributed by atoms with Crippen molar-refractivity contribution in [1.29, 1.82) is 0 Å². The molecule has 0 spiro atoms. The number of hydrogen-bond acceptors (Lipinski definition) is 5. The molecule has 0 unspecified atom stereocenters. The largest absolute Gasteiger partial charge is 0.434 e. The summed E-state index contributed by atoms with van der Waals surface area (Å²) in [6, 6.07) is 0. The molecule has 146 valence electrons. The average Bonchev–Trinajstić information content (AvgIpc) is 2.99. The van der Waals surface area contributed by atoms with Crippen LogP contribution in [0.3, 0.4) is 0 Å². The molecule has 6 nitrogen and oxygen atoms in total. The van der Waals surface area contributed by atoms with Crippen LogP contribution in [0.25, 0.3) is 0 Å². The summed E-state index contributed by atoms with van der Waals surface area (Å²) in [6.07, 6.45) is -4.41. The van der Waals surface area contributed by atoms with E-state index in [1.807, 2.05) is 14.0 Å². The smallest absolute Gasteiger partial charge is 0.383 e. The molecule has 1 heterocycles. The van der Waals surface area contributed by atoms with Crippen LogP contribution >= 0.6 is 35.3 Å². The summed E-state index contributed by atoms with van der Waals surface area (Å²) in [7, 11) is 3.64. The normalized spacial score (nSPS) is 12.2. The van der Waals surface area contributed by atoms with E-state index in [4.69, 9.17) is 4.74 Å². The van der Waals surface area contributed by atoms with Gasteiger partial charge >= 0.3 is 6.18 Å². The Balaban J connectivity index is 0.00000576. The number of aliphatic imine (C=N–C) groups is 1. The third-order valence-corrected chi connectivity index (χ3v) is 3.86. The lowest BCUT2D eigenvalue weighted by molar-refractivity contribution is -0.140. The van der Waals surface area contributed by atoms with Gasteiger partial charge in [-0.25, -0.2) is 9.98 Å². The second-order valence-electron chi connectivity index (χ2n) is 5.04. The molecule has 0 aliphatic heterocycles. The monoisotopic (exact) mass is 495 g/mol. The highest BCUT2D eigenvalue weighted by Gasteiger charge is 2.33. The Morgan fingerprint density at radius 2 is 2.08 bits per heavy atom. The number of hydrogen-bond donors (Lipinski definition) is 2. The summed E-state index contributed by atoms with van der Waals surface area (Å²) < 4.78 is 42.6. The van der Waals surface area contributed by atoms with Crippen LogP contribution < -0.4 is 10.6 Å². The molecule has 25 heavy (non-hydrogen) atoms. The van der Waals surface area contributed by atoms with Gasteiger partial charge in [0.15, 0.2) is 11.7 Å². The maximum Gasteiger partial charge on any atom is 0.434 e. The minimum absolute atomic E-state index is 0. The molecule has 0 aromatic carbocycles. The first-order chi connectivity index (χ1) is 11.4. The predicted molar refractivity (Wildman–Crippen MR) is 105 cm³/mol. The van der Waals surface area contributed by atoms with Gasteiger partial charge < -0.3 is 20.3 Å². The van der Waals surface area contributed by atoms with Crippen LogP contribution in [0.5, 0.6) is 0 Å². The number of rotatable bonds is 9. The molecule has 0 aliphatic carbocycles. The zero-order valence-corrected chi connectivity index (χ0v) is 17.7. The van der Waals surface area contributed by atoms with E-state index in [9.17, 15) is 13.2 Å². The fourth-order valence-electron chi connectivity index (χ4n) is 1.73. The van der Waals surface area contributed by atoms with Gasteiger partial charge in [0.1, 0.15) is 5.01 Å². The van der Waals surface area contributed by atoms with Gasteiger partial charge in [-0.05, 0) is 14.0 Å². The number of nitrogens with one attached hydrogen (secondary N) is 2. The second-order valence-corrected chi connectivity index (χ2v) is 5.98. The summed E-state index contributed by atoms with van der Waals surface area (Å²) in [4.78, 5) is 9.94. The van der Waals surface area contributed by atoms with Crippen molar-refractivity contribution in [2.75, 3.05) is 46.9 Å². The van der Waals surface area contributed by atoms with Crippen molar-refractivity contribution in [3.63, 3.8) is 0 Å². The molecule has 1 rings (SSSR count). The van der Waals surface area contributed by atoms with E-state index in [-0.39, 0.29) is 30.5 Å². The summed E-state index contributed by atoms with van der Waals surface area (Å²) in [5, 5.41) is 7.54. The molecule has 0 aliphatic rings. The quantitative estimate of drug-likeness (QED) is 0.313. The van der Waals surface area contributed by atoms with Crippen molar-refractivity contribution in [1.82, 2.24) is 20.5 Å². The van der Waals surface area contributed by atoms with Gasteiger partial charge in [0.2, 0.25) is 0 Å². The first-order valence-corrected chi connectivity index (χ1v) is 8.46. The molecule has 1 aromatic heterocycles. The highest BCUT2D eigenvalue weighted by molar-refractivity contribution is 14.0. The van der Waals surface area contributed by atoms with Crippen molar-refractivity contribution in [2.24, 2.45) is 4.99 Å². The van der Waals surface area contributed by atoms with E-state index in [0.717, 1.165) is 29.8 Å². The zero-order chi connectivity index (χ0) is 18.0. The Bertz CT molecular complexity index is 513. The Labute approximate surface area is 167 Å². The summed E-state index contributed by atoms with van der Waals surface area (Å²) in [6.45, 7) is 5.64. The number of alkyl halides is 3. The first kappa shape index (κ1) is 24.3. The molecule has 0 fully saturated rings. The lowest BCUT2D eigenvalue weighted by Gasteiger charge is -2.17. The van der Waals surface area contributed by atoms with E-state index in [0.29, 0.717) is 30.7 Å². The highest BCUT2D eigenvalue weighted by Crippen LogP contribution is 2.30. The molecule has 11 heteroatoms. The number of guanidine groups is 1. The maximum absolute atomic E-state index is 12.5. The van der Waals surface area contributed by atoms with Crippen LogP contribution in [0, 0.1) is 0 Å². The summed E-state index contributed by atoms with van der Waals surface area (Å²) in [5.41, 5.74) is -0.865. The van der Waals surface area contributed by atoms with Crippen LogP contribution in [-0.2, 0) is 17.5 Å². The van der Waals surface area contributed by atoms with Crippen molar-refractivity contribution in [3.8, 4) is 0 Å². The van der Waals surface area contributed by atoms with Gasteiger partial charge in [-0.1, -0.05) is 0 Å². The van der Waals surface area contributed by atoms with Gasteiger partial charge in [-0.3, -0.25) is 0 Å². The Morgan fingerprint density at radius 3 is 2.64 bits per heavy atom. The minimum atomic E-state index is -4.41. The van der Waals surface area contributed by atoms with E-state index in [1.54, 1.807) is 7.11 Å². The number of methoxy groups -OCH3 is 1. The number of likely N-dealkylation sites (N-methyl/N-ethyl adjacent to an activating group) is 1. The molecular weight excluding hydrogens is 470 g/mol. The van der Waals surface area contributed by atoms with Crippen LogP contribution in [-0.4, -0.2) is 62.8 Å². The van der Waals surface area contributed by atoms with E-state index >= 15 is 0 Å². The van der Waals surface area contributed by atoms with Gasteiger partial charge in [0, 0.05) is 38.7 Å². The third-order valence-electron chi connectivity index (χ3n) is 3.02. The number of halogens is 4.